The summed E-state index contributed by atoms with van der Waals surface area (Å²) in [5.41, 5.74) is 0.391. The van der Waals surface area contributed by atoms with Crippen LogP contribution in [0.15, 0.2) is 36.4 Å². The van der Waals surface area contributed by atoms with Gasteiger partial charge in [0.1, 0.15) is 5.75 Å². The second kappa shape index (κ2) is 5.38. The second-order valence-electron chi connectivity index (χ2n) is 3.06. The Hall–Kier alpha value is -1.98. The van der Waals surface area contributed by atoms with Crippen LogP contribution in [0.5, 0.6) is 5.75 Å². The van der Waals surface area contributed by atoms with Crippen molar-refractivity contribution in [1.82, 2.24) is 0 Å². The Bertz CT molecular complexity index is 410. The van der Waals surface area contributed by atoms with E-state index in [0.717, 1.165) is 12.1 Å². The minimum Gasteiger partial charge on any atom is -0.406 e. The van der Waals surface area contributed by atoms with Crippen LogP contribution in [-0.4, -0.2) is 12.3 Å². The fourth-order valence-electron chi connectivity index (χ4n) is 1.08. The van der Waals surface area contributed by atoms with E-state index in [-0.39, 0.29) is 11.7 Å². The van der Waals surface area contributed by atoms with Gasteiger partial charge in [-0.3, -0.25) is 4.79 Å². The Morgan fingerprint density at radius 2 is 1.88 bits per heavy atom. The fourth-order valence-corrected chi connectivity index (χ4v) is 1.08. The van der Waals surface area contributed by atoms with E-state index in [9.17, 15) is 18.0 Å². The zero-order valence-corrected chi connectivity index (χ0v) is 8.91. The first kappa shape index (κ1) is 13.1. The van der Waals surface area contributed by atoms with Gasteiger partial charge in [-0.05, 0) is 37.3 Å². The van der Waals surface area contributed by atoms with Crippen LogP contribution >= 0.6 is 0 Å². The van der Waals surface area contributed by atoms with Crippen LogP contribution in [0.4, 0.5) is 18.9 Å². The maximum Gasteiger partial charge on any atom is 0.573 e. The number of nitrogens with one attached hydrogen (secondary N) is 1. The number of carbonyl (C=O) groups excluding carboxylic acids is 1. The lowest BCUT2D eigenvalue weighted by Crippen LogP contribution is -2.17. The molecule has 0 radical (unpaired) electrons. The highest BCUT2D eigenvalue weighted by molar-refractivity contribution is 5.99. The zero-order chi connectivity index (χ0) is 12.9. The number of carbonyl (C=O) groups is 1. The second-order valence-corrected chi connectivity index (χ2v) is 3.06. The molecule has 0 spiro atoms. The Morgan fingerprint density at radius 1 is 1.29 bits per heavy atom. The fraction of sp³-hybridized carbons (Fsp3) is 0.182. The highest BCUT2D eigenvalue weighted by atomic mass is 19.4. The summed E-state index contributed by atoms with van der Waals surface area (Å²) >= 11 is 0. The lowest BCUT2D eigenvalue weighted by atomic mass is 10.3. The number of allylic oxidation sites excluding steroid dienone is 1. The van der Waals surface area contributed by atoms with Crippen LogP contribution in [0.3, 0.4) is 0 Å². The van der Waals surface area contributed by atoms with E-state index in [4.69, 9.17) is 0 Å². The van der Waals surface area contributed by atoms with Gasteiger partial charge in [-0.15, -0.1) is 13.2 Å². The van der Waals surface area contributed by atoms with Gasteiger partial charge in [-0.1, -0.05) is 6.08 Å². The first-order valence-electron chi connectivity index (χ1n) is 4.70. The number of amides is 1. The van der Waals surface area contributed by atoms with E-state index >= 15 is 0 Å². The van der Waals surface area contributed by atoms with Crippen LogP contribution in [0.2, 0.25) is 0 Å². The van der Waals surface area contributed by atoms with Gasteiger partial charge in [-0.2, -0.15) is 0 Å². The van der Waals surface area contributed by atoms with Gasteiger partial charge in [0.25, 0.3) is 0 Å². The topological polar surface area (TPSA) is 38.3 Å². The predicted molar refractivity (Wildman–Crippen MR) is 56.6 cm³/mol. The van der Waals surface area contributed by atoms with Crippen molar-refractivity contribution in [2.24, 2.45) is 0 Å². The highest BCUT2D eigenvalue weighted by Gasteiger charge is 2.30. The number of benzene rings is 1. The predicted octanol–water partition coefficient (Wildman–Crippen LogP) is 3.10. The molecule has 3 nitrogen and oxygen atoms in total. The molecule has 1 aromatic carbocycles. The van der Waals surface area contributed by atoms with Gasteiger partial charge in [0.2, 0.25) is 5.91 Å². The molecule has 6 heteroatoms. The van der Waals surface area contributed by atoms with Crippen molar-refractivity contribution in [2.45, 2.75) is 13.3 Å². The van der Waals surface area contributed by atoms with E-state index in [0.29, 0.717) is 5.69 Å². The number of halogens is 3. The van der Waals surface area contributed by atoms with E-state index in [2.05, 4.69) is 10.1 Å². The molecule has 0 atom stereocenters. The number of alkyl halides is 3. The number of hydrogen-bond donors (Lipinski definition) is 1. The largest absolute Gasteiger partial charge is 0.573 e. The maximum atomic E-state index is 11.9. The average Bonchev–Trinajstić information content (AvgIpc) is 2.19. The van der Waals surface area contributed by atoms with Gasteiger partial charge in [-0.25, -0.2) is 0 Å². The minimum absolute atomic E-state index is 0.332. The lowest BCUT2D eigenvalue weighted by Gasteiger charge is -2.09. The zero-order valence-electron chi connectivity index (χ0n) is 8.91. The van der Waals surface area contributed by atoms with Crippen LogP contribution in [-0.2, 0) is 4.79 Å². The van der Waals surface area contributed by atoms with Gasteiger partial charge in [0.15, 0.2) is 0 Å². The third-order valence-corrected chi connectivity index (χ3v) is 1.67. The molecule has 0 unspecified atom stereocenters. The number of ether oxygens (including phenoxy) is 1. The molecule has 0 heterocycles. The highest BCUT2D eigenvalue weighted by Crippen LogP contribution is 2.23. The van der Waals surface area contributed by atoms with E-state index < -0.39 is 6.36 Å². The molecule has 1 N–H and O–H groups in total. The van der Waals surface area contributed by atoms with E-state index in [1.165, 1.54) is 18.2 Å². The Balaban J connectivity index is 2.65. The summed E-state index contributed by atoms with van der Waals surface area (Å²) in [6.45, 7) is 1.68. The maximum absolute atomic E-state index is 11.9. The number of anilines is 1. The quantitative estimate of drug-likeness (QED) is 0.831. The van der Waals surface area contributed by atoms with Crippen molar-refractivity contribution >= 4 is 11.6 Å². The Morgan fingerprint density at radius 3 is 2.35 bits per heavy atom. The monoisotopic (exact) mass is 245 g/mol. The molecule has 1 aromatic rings. The van der Waals surface area contributed by atoms with Crippen LogP contribution in [0, 0.1) is 0 Å². The molecular weight excluding hydrogens is 235 g/mol. The number of rotatable bonds is 3. The first-order valence-corrected chi connectivity index (χ1v) is 4.70. The SMILES string of the molecule is CC=CC(=O)Nc1ccc(OC(F)(F)F)cc1. The van der Waals surface area contributed by atoms with Gasteiger partial charge in [0.05, 0.1) is 0 Å². The van der Waals surface area contributed by atoms with E-state index in [1.54, 1.807) is 13.0 Å². The molecule has 1 rings (SSSR count). The summed E-state index contributed by atoms with van der Waals surface area (Å²) in [7, 11) is 0. The van der Waals surface area contributed by atoms with Gasteiger partial charge in [0, 0.05) is 5.69 Å². The normalized spacial score (nSPS) is 11.5. The summed E-state index contributed by atoms with van der Waals surface area (Å²) in [6.07, 6.45) is -1.85. The third-order valence-electron chi connectivity index (χ3n) is 1.67. The average molecular weight is 245 g/mol. The molecule has 0 fully saturated rings. The summed E-state index contributed by atoms with van der Waals surface area (Å²) < 4.78 is 39.2. The lowest BCUT2D eigenvalue weighted by molar-refractivity contribution is -0.274. The molecule has 1 amide bonds. The molecule has 92 valence electrons. The molecule has 0 aliphatic heterocycles. The number of hydrogen-bond acceptors (Lipinski definition) is 2. The minimum atomic E-state index is -4.71. The Kier molecular flexibility index (Phi) is 4.14. The summed E-state index contributed by atoms with van der Waals surface area (Å²) in [5, 5.41) is 2.47. The van der Waals surface area contributed by atoms with Crippen molar-refractivity contribution in [3.05, 3.63) is 36.4 Å². The van der Waals surface area contributed by atoms with Crippen molar-refractivity contribution < 1.29 is 22.7 Å². The molecule has 0 saturated heterocycles. The van der Waals surface area contributed by atoms with Crippen LogP contribution in [0.1, 0.15) is 6.92 Å². The molecular formula is C11H10F3NO2. The summed E-state index contributed by atoms with van der Waals surface area (Å²) in [5.74, 6) is -0.682. The molecule has 17 heavy (non-hydrogen) atoms. The van der Waals surface area contributed by atoms with E-state index in [1.807, 2.05) is 0 Å². The van der Waals surface area contributed by atoms with Crippen molar-refractivity contribution in [3.63, 3.8) is 0 Å². The molecule has 0 saturated carbocycles. The van der Waals surface area contributed by atoms with Gasteiger partial charge >= 0.3 is 6.36 Å². The summed E-state index contributed by atoms with van der Waals surface area (Å²) in [4.78, 5) is 11.1. The standard InChI is InChI=1S/C11H10F3NO2/c1-2-3-10(16)15-8-4-6-9(7-5-8)17-11(12,13)14/h2-7H,1H3,(H,15,16). The first-order chi connectivity index (χ1) is 7.90. The van der Waals surface area contributed by atoms with Gasteiger partial charge < -0.3 is 10.1 Å². The summed E-state index contributed by atoms with van der Waals surface area (Å²) in [6, 6.07) is 4.89. The molecule has 0 aliphatic carbocycles. The third kappa shape index (κ3) is 5.05. The van der Waals surface area contributed by atoms with Crippen molar-refractivity contribution in [3.8, 4) is 5.75 Å². The molecule has 0 bridgehead atoms. The smallest absolute Gasteiger partial charge is 0.406 e. The Labute approximate surface area is 95.9 Å². The van der Waals surface area contributed by atoms with Crippen molar-refractivity contribution in [1.29, 1.82) is 0 Å². The van der Waals surface area contributed by atoms with Crippen molar-refractivity contribution in [2.75, 3.05) is 5.32 Å². The van der Waals surface area contributed by atoms with Crippen LogP contribution < -0.4 is 10.1 Å². The van der Waals surface area contributed by atoms with Crippen LogP contribution in [0.25, 0.3) is 0 Å². The molecule has 0 aliphatic rings. The molecule has 0 aromatic heterocycles.